The number of fused-ring (bicyclic) bond motifs is 1. The van der Waals surface area contributed by atoms with Crippen molar-refractivity contribution in [3.8, 4) is 17.2 Å². The van der Waals surface area contributed by atoms with Crippen LogP contribution < -0.4 is 24.8 Å². The smallest absolute Gasteiger partial charge is 0.229 e. The average molecular weight is 399 g/mol. The second-order valence-electron chi connectivity index (χ2n) is 6.18. The van der Waals surface area contributed by atoms with Gasteiger partial charge in [-0.05, 0) is 37.3 Å². The van der Waals surface area contributed by atoms with Crippen molar-refractivity contribution in [2.75, 3.05) is 31.0 Å². The number of rotatable bonds is 5. The van der Waals surface area contributed by atoms with Gasteiger partial charge in [-0.25, -0.2) is 4.98 Å². The van der Waals surface area contributed by atoms with Gasteiger partial charge in [-0.15, -0.1) is 0 Å². The maximum Gasteiger partial charge on any atom is 0.229 e. The van der Waals surface area contributed by atoms with E-state index in [-0.39, 0.29) is 0 Å². The molecular formula is C20H19ClN4O3. The number of aryl methyl sites for hydroxylation is 1. The Labute approximate surface area is 167 Å². The molecule has 0 radical (unpaired) electrons. The number of ether oxygens (including phenoxy) is 3. The number of hydrogen-bond acceptors (Lipinski definition) is 7. The number of aromatic nitrogens is 2. The van der Waals surface area contributed by atoms with Crippen LogP contribution in [-0.4, -0.2) is 30.3 Å². The molecule has 1 aromatic heterocycles. The van der Waals surface area contributed by atoms with Crippen LogP contribution in [0.25, 0.3) is 0 Å². The molecule has 0 atom stereocenters. The third-order valence-electron chi connectivity index (χ3n) is 4.08. The van der Waals surface area contributed by atoms with Crippen LogP contribution in [0.5, 0.6) is 17.2 Å². The zero-order chi connectivity index (χ0) is 19.5. The SMILES string of the molecule is COc1ccc(Nc2nc(C)cc(Nc3ccc4c(c3)OCCO4)n2)cc1Cl. The van der Waals surface area contributed by atoms with Gasteiger partial charge in [0.25, 0.3) is 0 Å². The fourth-order valence-corrected chi connectivity index (χ4v) is 3.09. The largest absolute Gasteiger partial charge is 0.495 e. The van der Waals surface area contributed by atoms with E-state index in [1.807, 2.05) is 37.3 Å². The Bertz CT molecular complexity index is 1010. The highest BCUT2D eigenvalue weighted by Crippen LogP contribution is 2.34. The predicted octanol–water partition coefficient (Wildman–Crippen LogP) is 4.71. The number of anilines is 4. The third-order valence-corrected chi connectivity index (χ3v) is 4.37. The van der Waals surface area contributed by atoms with Crippen molar-refractivity contribution in [1.82, 2.24) is 9.97 Å². The first-order valence-corrected chi connectivity index (χ1v) is 9.11. The number of hydrogen-bond donors (Lipinski definition) is 2. The van der Waals surface area contributed by atoms with Crippen LogP contribution >= 0.6 is 11.6 Å². The van der Waals surface area contributed by atoms with Crippen molar-refractivity contribution in [1.29, 1.82) is 0 Å². The van der Waals surface area contributed by atoms with Crippen LogP contribution in [0.1, 0.15) is 5.69 Å². The Hall–Kier alpha value is -3.19. The van der Waals surface area contributed by atoms with Gasteiger partial charge in [-0.1, -0.05) is 11.6 Å². The quantitative estimate of drug-likeness (QED) is 0.644. The molecule has 8 heteroatoms. The van der Waals surface area contributed by atoms with Crippen LogP contribution in [0, 0.1) is 6.92 Å². The van der Waals surface area contributed by atoms with Gasteiger partial charge in [0.05, 0.1) is 12.1 Å². The molecule has 1 aliphatic rings. The van der Waals surface area contributed by atoms with Gasteiger partial charge in [0.1, 0.15) is 24.8 Å². The van der Waals surface area contributed by atoms with Crippen molar-refractivity contribution >= 4 is 34.7 Å². The number of benzene rings is 2. The van der Waals surface area contributed by atoms with E-state index in [0.29, 0.717) is 41.5 Å². The molecule has 3 aromatic rings. The molecule has 0 aliphatic carbocycles. The highest BCUT2D eigenvalue weighted by molar-refractivity contribution is 6.32. The van der Waals surface area contributed by atoms with Crippen LogP contribution in [0.2, 0.25) is 5.02 Å². The summed E-state index contributed by atoms with van der Waals surface area (Å²) in [5.41, 5.74) is 2.43. The van der Waals surface area contributed by atoms with E-state index in [2.05, 4.69) is 20.6 Å². The lowest BCUT2D eigenvalue weighted by molar-refractivity contribution is 0.171. The van der Waals surface area contributed by atoms with Crippen molar-refractivity contribution in [3.05, 3.63) is 53.2 Å². The monoisotopic (exact) mass is 398 g/mol. The Kier molecular flexibility index (Phi) is 5.08. The molecule has 0 saturated carbocycles. The van der Waals surface area contributed by atoms with Crippen molar-refractivity contribution in [2.24, 2.45) is 0 Å². The summed E-state index contributed by atoms with van der Waals surface area (Å²) in [6, 6.07) is 13.0. The molecule has 0 bridgehead atoms. The van der Waals surface area contributed by atoms with Gasteiger partial charge in [0, 0.05) is 29.2 Å². The molecule has 0 spiro atoms. The van der Waals surface area contributed by atoms with Gasteiger partial charge in [0.2, 0.25) is 5.95 Å². The van der Waals surface area contributed by atoms with Gasteiger partial charge < -0.3 is 24.8 Å². The highest BCUT2D eigenvalue weighted by atomic mass is 35.5. The average Bonchev–Trinajstić information content (AvgIpc) is 2.67. The van der Waals surface area contributed by atoms with E-state index in [4.69, 9.17) is 25.8 Å². The van der Waals surface area contributed by atoms with E-state index >= 15 is 0 Å². The first-order valence-electron chi connectivity index (χ1n) is 8.73. The van der Waals surface area contributed by atoms with Crippen LogP contribution in [0.3, 0.4) is 0 Å². The molecular weight excluding hydrogens is 380 g/mol. The molecule has 7 nitrogen and oxygen atoms in total. The summed E-state index contributed by atoms with van der Waals surface area (Å²) in [6.45, 7) is 3.01. The molecule has 2 heterocycles. The Morgan fingerprint density at radius 1 is 0.929 bits per heavy atom. The Morgan fingerprint density at radius 2 is 1.68 bits per heavy atom. The maximum absolute atomic E-state index is 6.18. The molecule has 0 saturated heterocycles. The first-order chi connectivity index (χ1) is 13.6. The maximum atomic E-state index is 6.18. The topological polar surface area (TPSA) is 77.5 Å². The molecule has 4 rings (SSSR count). The standard InChI is InChI=1S/C20H19ClN4O3/c1-12-9-19(23-14-4-6-17-18(11-14)28-8-7-27-17)25-20(22-12)24-13-3-5-16(26-2)15(21)10-13/h3-6,9-11H,7-8H2,1-2H3,(H2,22,23,24,25). The Morgan fingerprint density at radius 3 is 2.46 bits per heavy atom. The summed E-state index contributed by atoms with van der Waals surface area (Å²) in [5.74, 6) is 3.19. The number of nitrogens with zero attached hydrogens (tertiary/aromatic N) is 2. The third kappa shape index (κ3) is 4.04. The molecule has 2 N–H and O–H groups in total. The summed E-state index contributed by atoms with van der Waals surface area (Å²) >= 11 is 6.18. The van der Waals surface area contributed by atoms with Gasteiger partial charge in [-0.2, -0.15) is 4.98 Å². The lowest BCUT2D eigenvalue weighted by Crippen LogP contribution is -2.15. The lowest BCUT2D eigenvalue weighted by atomic mass is 10.2. The van der Waals surface area contributed by atoms with E-state index in [1.54, 1.807) is 19.2 Å². The molecule has 144 valence electrons. The molecule has 1 aliphatic heterocycles. The van der Waals surface area contributed by atoms with Gasteiger partial charge >= 0.3 is 0 Å². The highest BCUT2D eigenvalue weighted by Gasteiger charge is 2.12. The summed E-state index contributed by atoms with van der Waals surface area (Å²) in [7, 11) is 1.58. The van der Waals surface area contributed by atoms with Crippen molar-refractivity contribution in [3.63, 3.8) is 0 Å². The second kappa shape index (κ2) is 7.82. The lowest BCUT2D eigenvalue weighted by Gasteiger charge is -2.19. The number of methoxy groups -OCH3 is 1. The zero-order valence-electron chi connectivity index (χ0n) is 15.5. The molecule has 0 amide bonds. The van der Waals surface area contributed by atoms with E-state index in [0.717, 1.165) is 22.8 Å². The Balaban J connectivity index is 1.54. The fourth-order valence-electron chi connectivity index (χ4n) is 2.83. The summed E-state index contributed by atoms with van der Waals surface area (Å²) < 4.78 is 16.4. The van der Waals surface area contributed by atoms with Gasteiger partial charge in [0.15, 0.2) is 11.5 Å². The van der Waals surface area contributed by atoms with Crippen molar-refractivity contribution < 1.29 is 14.2 Å². The number of nitrogens with one attached hydrogen (secondary N) is 2. The fraction of sp³-hybridized carbons (Fsp3) is 0.200. The molecule has 2 aromatic carbocycles. The number of halogens is 1. The summed E-state index contributed by atoms with van der Waals surface area (Å²) in [5, 5.41) is 6.95. The molecule has 0 fully saturated rings. The predicted molar refractivity (Wildman–Crippen MR) is 109 cm³/mol. The van der Waals surface area contributed by atoms with Crippen LogP contribution in [0.4, 0.5) is 23.1 Å². The molecule has 28 heavy (non-hydrogen) atoms. The van der Waals surface area contributed by atoms with E-state index in [1.165, 1.54) is 0 Å². The van der Waals surface area contributed by atoms with E-state index < -0.39 is 0 Å². The van der Waals surface area contributed by atoms with Crippen molar-refractivity contribution in [2.45, 2.75) is 6.92 Å². The second-order valence-corrected chi connectivity index (χ2v) is 6.58. The van der Waals surface area contributed by atoms with Crippen LogP contribution in [-0.2, 0) is 0 Å². The minimum absolute atomic E-state index is 0.460. The zero-order valence-corrected chi connectivity index (χ0v) is 16.2. The summed E-state index contributed by atoms with van der Waals surface area (Å²) in [6.07, 6.45) is 0. The van der Waals surface area contributed by atoms with Gasteiger partial charge in [-0.3, -0.25) is 0 Å². The summed E-state index contributed by atoms with van der Waals surface area (Å²) in [4.78, 5) is 8.96. The minimum Gasteiger partial charge on any atom is -0.495 e. The normalized spacial score (nSPS) is 12.4. The van der Waals surface area contributed by atoms with E-state index in [9.17, 15) is 0 Å². The minimum atomic E-state index is 0.460. The molecule has 0 unspecified atom stereocenters. The first kappa shape index (κ1) is 18.2. The van der Waals surface area contributed by atoms with Crippen LogP contribution in [0.15, 0.2) is 42.5 Å².